The maximum absolute atomic E-state index is 14.3. The van der Waals surface area contributed by atoms with Gasteiger partial charge < -0.3 is 15.1 Å². The minimum Gasteiger partial charge on any atom is -0.507 e. The van der Waals surface area contributed by atoms with Gasteiger partial charge in [0.2, 0.25) is 0 Å². The molecule has 1 amide bonds. The number of rotatable bonds is 5. The maximum Gasteiger partial charge on any atom is 0.257 e. The number of para-hydroxylation sites is 1. The molecule has 6 nitrogen and oxygen atoms in total. The third kappa shape index (κ3) is 3.90. The standard InChI is InChI=1S/C24H19F2N3O3/c1-28(14-15-6-2-3-7-18(15)25)24(32)17-12-16(22(30)13-23(17)31)20-10-11-27-29(20)21-9-5-4-8-19(21)26/h2-13,30-31H,14H2,1H3. The van der Waals surface area contributed by atoms with Gasteiger partial charge in [0, 0.05) is 30.8 Å². The second kappa shape index (κ2) is 8.50. The number of benzene rings is 3. The monoisotopic (exact) mass is 435 g/mol. The highest BCUT2D eigenvalue weighted by atomic mass is 19.1. The number of aromatic hydroxyl groups is 2. The van der Waals surface area contributed by atoms with E-state index >= 15 is 0 Å². The van der Waals surface area contributed by atoms with Gasteiger partial charge in [-0.2, -0.15) is 5.10 Å². The molecule has 8 heteroatoms. The van der Waals surface area contributed by atoms with Gasteiger partial charge in [-0.15, -0.1) is 0 Å². The number of nitrogens with zero attached hydrogens (tertiary/aromatic N) is 3. The molecule has 162 valence electrons. The van der Waals surface area contributed by atoms with Gasteiger partial charge in [-0.05, 0) is 30.3 Å². The Kier molecular flexibility index (Phi) is 5.59. The van der Waals surface area contributed by atoms with E-state index in [1.54, 1.807) is 36.4 Å². The van der Waals surface area contributed by atoms with Crippen LogP contribution in [0.2, 0.25) is 0 Å². The first-order chi connectivity index (χ1) is 15.4. The van der Waals surface area contributed by atoms with Crippen LogP contribution >= 0.6 is 0 Å². The van der Waals surface area contributed by atoms with Crippen LogP contribution in [0.15, 0.2) is 72.9 Å². The van der Waals surface area contributed by atoms with Gasteiger partial charge in [-0.1, -0.05) is 30.3 Å². The van der Waals surface area contributed by atoms with Crippen LogP contribution in [0.4, 0.5) is 8.78 Å². The minimum absolute atomic E-state index is 0.0195. The molecule has 3 aromatic carbocycles. The Labute approximate surface area is 182 Å². The van der Waals surface area contributed by atoms with Crippen molar-refractivity contribution < 1.29 is 23.8 Å². The molecule has 2 N–H and O–H groups in total. The van der Waals surface area contributed by atoms with E-state index in [-0.39, 0.29) is 29.1 Å². The third-order valence-electron chi connectivity index (χ3n) is 5.06. The second-order valence-electron chi connectivity index (χ2n) is 7.22. The van der Waals surface area contributed by atoms with Crippen LogP contribution in [0.3, 0.4) is 0 Å². The molecule has 0 saturated heterocycles. The Morgan fingerprint density at radius 3 is 2.38 bits per heavy atom. The predicted molar refractivity (Wildman–Crippen MR) is 114 cm³/mol. The van der Waals surface area contributed by atoms with Gasteiger partial charge in [0.1, 0.15) is 28.8 Å². The molecule has 0 radical (unpaired) electrons. The summed E-state index contributed by atoms with van der Waals surface area (Å²) in [4.78, 5) is 14.3. The molecule has 4 aromatic rings. The SMILES string of the molecule is CN(Cc1ccccc1F)C(=O)c1cc(-c2ccnn2-c2ccccc2F)c(O)cc1O. The van der Waals surface area contributed by atoms with Crippen LogP contribution in [-0.4, -0.2) is 37.8 Å². The fourth-order valence-electron chi connectivity index (χ4n) is 3.44. The quantitative estimate of drug-likeness (QED) is 0.484. The Morgan fingerprint density at radius 1 is 0.969 bits per heavy atom. The molecule has 1 heterocycles. The summed E-state index contributed by atoms with van der Waals surface area (Å²) in [5.41, 5.74) is 0.867. The van der Waals surface area contributed by atoms with E-state index in [0.717, 1.165) is 6.07 Å². The van der Waals surface area contributed by atoms with Crippen molar-refractivity contribution in [1.82, 2.24) is 14.7 Å². The smallest absolute Gasteiger partial charge is 0.257 e. The predicted octanol–water partition coefficient (Wildman–Crippen LogP) is 4.50. The van der Waals surface area contributed by atoms with Gasteiger partial charge in [0.25, 0.3) is 5.91 Å². The topological polar surface area (TPSA) is 78.6 Å². The Balaban J connectivity index is 1.72. The lowest BCUT2D eigenvalue weighted by atomic mass is 10.0. The number of phenols is 2. The molecule has 0 unspecified atom stereocenters. The highest BCUT2D eigenvalue weighted by Crippen LogP contribution is 2.36. The van der Waals surface area contributed by atoms with E-state index < -0.39 is 23.3 Å². The zero-order chi connectivity index (χ0) is 22.8. The summed E-state index contributed by atoms with van der Waals surface area (Å²) in [7, 11) is 1.48. The van der Waals surface area contributed by atoms with Crippen LogP contribution in [-0.2, 0) is 6.54 Å². The molecule has 0 atom stereocenters. The molecule has 0 spiro atoms. The van der Waals surface area contributed by atoms with Gasteiger partial charge >= 0.3 is 0 Å². The third-order valence-corrected chi connectivity index (χ3v) is 5.06. The van der Waals surface area contributed by atoms with Crippen LogP contribution in [0.5, 0.6) is 11.5 Å². The first kappa shape index (κ1) is 21.0. The normalized spacial score (nSPS) is 10.8. The Morgan fingerprint density at radius 2 is 1.66 bits per heavy atom. The summed E-state index contributed by atoms with van der Waals surface area (Å²) in [6, 6.07) is 16.0. The lowest BCUT2D eigenvalue weighted by Gasteiger charge is -2.19. The molecule has 0 aliphatic heterocycles. The summed E-state index contributed by atoms with van der Waals surface area (Å²) in [5, 5.41) is 24.9. The average molecular weight is 435 g/mol. The lowest BCUT2D eigenvalue weighted by Crippen LogP contribution is -2.26. The number of hydrogen-bond donors (Lipinski definition) is 2. The lowest BCUT2D eigenvalue weighted by molar-refractivity contribution is 0.0781. The van der Waals surface area contributed by atoms with Gasteiger partial charge in [0.05, 0.1) is 17.5 Å². The summed E-state index contributed by atoms with van der Waals surface area (Å²) in [6.45, 7) is -0.0195. The highest BCUT2D eigenvalue weighted by Gasteiger charge is 2.22. The second-order valence-corrected chi connectivity index (χ2v) is 7.22. The van der Waals surface area contributed by atoms with Gasteiger partial charge in [0.15, 0.2) is 0 Å². The zero-order valence-corrected chi connectivity index (χ0v) is 17.0. The summed E-state index contributed by atoms with van der Waals surface area (Å²) in [5.74, 6) is -2.29. The molecule has 0 aliphatic carbocycles. The van der Waals surface area contributed by atoms with Crippen molar-refractivity contribution >= 4 is 5.91 Å². The van der Waals surface area contributed by atoms with E-state index in [1.165, 1.54) is 47.1 Å². The van der Waals surface area contributed by atoms with Crippen molar-refractivity contribution in [3.63, 3.8) is 0 Å². The highest BCUT2D eigenvalue weighted by molar-refractivity contribution is 5.98. The summed E-state index contributed by atoms with van der Waals surface area (Å²) in [6.07, 6.45) is 1.43. The first-order valence-corrected chi connectivity index (χ1v) is 9.71. The van der Waals surface area contributed by atoms with E-state index in [1.807, 2.05) is 0 Å². The molecule has 4 rings (SSSR count). The maximum atomic E-state index is 14.3. The number of aromatic nitrogens is 2. The largest absolute Gasteiger partial charge is 0.507 e. The summed E-state index contributed by atoms with van der Waals surface area (Å²) >= 11 is 0. The fourth-order valence-corrected chi connectivity index (χ4v) is 3.44. The number of halogens is 2. The van der Waals surface area contributed by atoms with E-state index in [2.05, 4.69) is 5.10 Å². The molecule has 32 heavy (non-hydrogen) atoms. The van der Waals surface area contributed by atoms with Crippen molar-refractivity contribution in [1.29, 1.82) is 0 Å². The Bertz CT molecular complexity index is 1300. The zero-order valence-electron chi connectivity index (χ0n) is 17.0. The number of carbonyl (C=O) groups excluding carboxylic acids is 1. The van der Waals surface area contributed by atoms with E-state index in [4.69, 9.17) is 0 Å². The molecule has 0 saturated carbocycles. The molecule has 0 fully saturated rings. The van der Waals surface area contributed by atoms with Crippen molar-refractivity contribution in [2.75, 3.05) is 7.05 Å². The van der Waals surface area contributed by atoms with Crippen molar-refractivity contribution in [3.8, 4) is 28.4 Å². The van der Waals surface area contributed by atoms with Crippen molar-refractivity contribution in [2.45, 2.75) is 6.54 Å². The van der Waals surface area contributed by atoms with Crippen LogP contribution in [0.1, 0.15) is 15.9 Å². The number of phenolic OH excluding ortho intramolecular Hbond substituents is 2. The number of amides is 1. The number of hydrogen-bond acceptors (Lipinski definition) is 4. The molecular formula is C24H19F2N3O3. The Hall–Kier alpha value is -4.20. The molecule has 0 aliphatic rings. The van der Waals surface area contributed by atoms with Gasteiger partial charge in [-0.25, -0.2) is 13.5 Å². The van der Waals surface area contributed by atoms with Crippen molar-refractivity contribution in [2.24, 2.45) is 0 Å². The molecular weight excluding hydrogens is 416 g/mol. The van der Waals surface area contributed by atoms with Crippen LogP contribution < -0.4 is 0 Å². The van der Waals surface area contributed by atoms with Crippen LogP contribution in [0, 0.1) is 11.6 Å². The molecule has 0 bridgehead atoms. The van der Waals surface area contributed by atoms with Crippen LogP contribution in [0.25, 0.3) is 16.9 Å². The summed E-state index contributed by atoms with van der Waals surface area (Å²) < 4.78 is 29.6. The van der Waals surface area contributed by atoms with E-state index in [0.29, 0.717) is 11.3 Å². The number of carbonyl (C=O) groups is 1. The molecule has 1 aromatic heterocycles. The average Bonchev–Trinajstić information content (AvgIpc) is 3.24. The fraction of sp³-hybridized carbons (Fsp3) is 0.0833. The van der Waals surface area contributed by atoms with E-state index in [9.17, 15) is 23.8 Å². The minimum atomic E-state index is -0.580. The van der Waals surface area contributed by atoms with Gasteiger partial charge in [-0.3, -0.25) is 4.79 Å². The van der Waals surface area contributed by atoms with Crippen molar-refractivity contribution in [3.05, 3.63) is 95.7 Å². The first-order valence-electron chi connectivity index (χ1n) is 9.71.